The predicted molar refractivity (Wildman–Crippen MR) is 73.7 cm³/mol. The van der Waals surface area contributed by atoms with Gasteiger partial charge in [0.15, 0.2) is 28.8 Å². The van der Waals surface area contributed by atoms with Gasteiger partial charge in [-0.2, -0.15) is 0 Å². The maximum Gasteiger partial charge on any atom is 0.172 e. The van der Waals surface area contributed by atoms with E-state index in [0.29, 0.717) is 5.56 Å². The Morgan fingerprint density at radius 2 is 1.43 bits per heavy atom. The van der Waals surface area contributed by atoms with E-state index in [4.69, 9.17) is 0 Å². The van der Waals surface area contributed by atoms with Gasteiger partial charge in [0.25, 0.3) is 0 Å². The number of hydrogen-bond donors (Lipinski definition) is 5. The summed E-state index contributed by atoms with van der Waals surface area (Å²) in [5, 5.41) is 46.8. The average molecular weight is 290 g/mol. The number of aliphatic hydroxyl groups excluding tert-OH is 1. The molecule has 0 aliphatic heterocycles. The Labute approximate surface area is 120 Å². The fourth-order valence-corrected chi connectivity index (χ4v) is 1.97. The van der Waals surface area contributed by atoms with Crippen molar-refractivity contribution in [1.29, 1.82) is 0 Å². The predicted octanol–water partition coefficient (Wildman–Crippen LogP) is 1.47. The zero-order valence-electron chi connectivity index (χ0n) is 10.9. The van der Waals surface area contributed by atoms with Crippen LogP contribution in [-0.2, 0) is 0 Å². The molecule has 0 heterocycles. The van der Waals surface area contributed by atoms with Crippen molar-refractivity contribution >= 4 is 5.78 Å². The van der Waals surface area contributed by atoms with Gasteiger partial charge in [0, 0.05) is 5.56 Å². The molecule has 2 aromatic carbocycles. The number of hydrogen-bond acceptors (Lipinski definition) is 6. The molecule has 0 aliphatic rings. The molecule has 0 amide bonds. The van der Waals surface area contributed by atoms with Crippen LogP contribution in [0.4, 0.5) is 0 Å². The molecule has 6 nitrogen and oxygen atoms in total. The summed E-state index contributed by atoms with van der Waals surface area (Å²) >= 11 is 0. The molecule has 0 aliphatic carbocycles. The highest BCUT2D eigenvalue weighted by molar-refractivity contribution is 6.01. The lowest BCUT2D eigenvalue weighted by Crippen LogP contribution is -2.16. The average Bonchev–Trinajstić information content (AvgIpc) is 2.46. The number of phenols is 4. The lowest BCUT2D eigenvalue weighted by Gasteiger charge is -2.14. The molecular formula is C15H14O6. The van der Waals surface area contributed by atoms with Crippen LogP contribution in [0.25, 0.3) is 0 Å². The van der Waals surface area contributed by atoms with Crippen molar-refractivity contribution in [2.45, 2.75) is 5.92 Å². The summed E-state index contributed by atoms with van der Waals surface area (Å²) in [6.07, 6.45) is 0. The topological polar surface area (TPSA) is 118 Å². The van der Waals surface area contributed by atoms with Gasteiger partial charge >= 0.3 is 0 Å². The number of ketones is 1. The minimum Gasteiger partial charge on any atom is -0.504 e. The molecule has 0 saturated heterocycles. The molecule has 0 unspecified atom stereocenters. The number of Topliss-reactive ketones (excluding diaryl/α,β-unsaturated/α-hetero) is 1. The smallest absolute Gasteiger partial charge is 0.172 e. The summed E-state index contributed by atoms with van der Waals surface area (Å²) < 4.78 is 0. The van der Waals surface area contributed by atoms with Gasteiger partial charge in [0.1, 0.15) is 0 Å². The van der Waals surface area contributed by atoms with Crippen LogP contribution in [0.15, 0.2) is 36.4 Å². The fraction of sp³-hybridized carbons (Fsp3) is 0.133. The van der Waals surface area contributed by atoms with E-state index >= 15 is 0 Å². The molecule has 0 aromatic heterocycles. The summed E-state index contributed by atoms with van der Waals surface area (Å²) in [5.74, 6) is -2.96. The second-order valence-corrected chi connectivity index (χ2v) is 4.55. The molecule has 21 heavy (non-hydrogen) atoms. The molecule has 5 N–H and O–H groups in total. The molecule has 2 aromatic rings. The van der Waals surface area contributed by atoms with Gasteiger partial charge in [-0.25, -0.2) is 0 Å². The lowest BCUT2D eigenvalue weighted by atomic mass is 9.91. The molecule has 0 bridgehead atoms. The molecule has 6 heteroatoms. The van der Waals surface area contributed by atoms with Crippen LogP contribution >= 0.6 is 0 Å². The third kappa shape index (κ3) is 2.90. The first-order chi connectivity index (χ1) is 9.93. The Kier molecular flexibility index (Phi) is 4.00. The van der Waals surface area contributed by atoms with Crippen LogP contribution < -0.4 is 0 Å². The SMILES string of the molecule is O=C(c1ccc(O)c(O)c1)[C@@H](CO)c1ccc(O)c(O)c1. The Hall–Kier alpha value is -2.73. The van der Waals surface area contributed by atoms with Gasteiger partial charge in [-0.15, -0.1) is 0 Å². The molecule has 110 valence electrons. The van der Waals surface area contributed by atoms with Crippen LogP contribution in [0.1, 0.15) is 21.8 Å². The summed E-state index contributed by atoms with van der Waals surface area (Å²) in [5.41, 5.74) is 0.433. The van der Waals surface area contributed by atoms with Crippen molar-refractivity contribution in [3.05, 3.63) is 47.5 Å². The summed E-state index contributed by atoms with van der Waals surface area (Å²) in [7, 11) is 0. The third-order valence-electron chi connectivity index (χ3n) is 3.16. The van der Waals surface area contributed by atoms with E-state index in [-0.39, 0.29) is 17.1 Å². The van der Waals surface area contributed by atoms with E-state index < -0.39 is 29.8 Å². The monoisotopic (exact) mass is 290 g/mol. The molecule has 0 spiro atoms. The molecular weight excluding hydrogens is 276 g/mol. The fourth-order valence-electron chi connectivity index (χ4n) is 1.97. The minimum atomic E-state index is -0.958. The number of aliphatic hydroxyl groups is 1. The molecule has 2 rings (SSSR count). The zero-order valence-corrected chi connectivity index (χ0v) is 10.9. The van der Waals surface area contributed by atoms with Gasteiger partial charge in [-0.3, -0.25) is 4.79 Å². The number of carbonyl (C=O) groups excluding carboxylic acids is 1. The first-order valence-corrected chi connectivity index (χ1v) is 6.13. The van der Waals surface area contributed by atoms with E-state index in [1.165, 1.54) is 30.3 Å². The summed E-state index contributed by atoms with van der Waals surface area (Å²) in [4.78, 5) is 12.3. The van der Waals surface area contributed by atoms with E-state index in [0.717, 1.165) is 6.07 Å². The molecule has 0 saturated carbocycles. The summed E-state index contributed by atoms with van der Waals surface area (Å²) in [6.45, 7) is -0.509. The van der Waals surface area contributed by atoms with Gasteiger partial charge in [-0.05, 0) is 35.9 Å². The largest absolute Gasteiger partial charge is 0.504 e. The minimum absolute atomic E-state index is 0.108. The van der Waals surface area contributed by atoms with E-state index in [1.54, 1.807) is 0 Å². The van der Waals surface area contributed by atoms with E-state index in [1.807, 2.05) is 0 Å². The Bertz CT molecular complexity index is 680. The van der Waals surface area contributed by atoms with Crippen molar-refractivity contribution < 1.29 is 30.3 Å². The van der Waals surface area contributed by atoms with Gasteiger partial charge in [0.2, 0.25) is 0 Å². The van der Waals surface area contributed by atoms with Crippen LogP contribution in [0.3, 0.4) is 0 Å². The van der Waals surface area contributed by atoms with Gasteiger partial charge in [0.05, 0.1) is 12.5 Å². The first-order valence-electron chi connectivity index (χ1n) is 6.13. The summed E-state index contributed by atoms with van der Waals surface area (Å²) in [6, 6.07) is 7.41. The van der Waals surface area contributed by atoms with E-state index in [9.17, 15) is 30.3 Å². The maximum atomic E-state index is 12.3. The van der Waals surface area contributed by atoms with Crippen LogP contribution in [0, 0.1) is 0 Å². The maximum absolute atomic E-state index is 12.3. The number of rotatable bonds is 4. The van der Waals surface area contributed by atoms with Crippen molar-refractivity contribution in [1.82, 2.24) is 0 Å². The molecule has 1 atom stereocenters. The van der Waals surface area contributed by atoms with Crippen LogP contribution in [-0.4, -0.2) is 37.9 Å². The van der Waals surface area contributed by atoms with Gasteiger partial charge in [-0.1, -0.05) is 6.07 Å². The highest BCUT2D eigenvalue weighted by Gasteiger charge is 2.23. The quantitative estimate of drug-likeness (QED) is 0.430. The third-order valence-corrected chi connectivity index (χ3v) is 3.16. The number of phenolic OH excluding ortho intramolecular Hbond substituents is 4. The van der Waals surface area contributed by atoms with Crippen molar-refractivity contribution in [3.63, 3.8) is 0 Å². The Morgan fingerprint density at radius 1 is 0.857 bits per heavy atom. The molecule has 0 fully saturated rings. The number of benzene rings is 2. The Balaban J connectivity index is 2.37. The normalized spacial score (nSPS) is 12.0. The number of carbonyl (C=O) groups is 1. The standard InChI is InChI=1S/C15H14O6/c16-7-10(8-1-3-11(17)13(19)5-8)15(21)9-2-4-12(18)14(20)6-9/h1-6,10,16-20H,7H2/t10-/m0/s1. The van der Waals surface area contributed by atoms with Crippen molar-refractivity contribution in [3.8, 4) is 23.0 Å². The number of aromatic hydroxyl groups is 4. The van der Waals surface area contributed by atoms with Crippen LogP contribution in [0.5, 0.6) is 23.0 Å². The van der Waals surface area contributed by atoms with E-state index in [2.05, 4.69) is 0 Å². The van der Waals surface area contributed by atoms with Crippen LogP contribution in [0.2, 0.25) is 0 Å². The van der Waals surface area contributed by atoms with Crippen molar-refractivity contribution in [2.24, 2.45) is 0 Å². The lowest BCUT2D eigenvalue weighted by molar-refractivity contribution is 0.0921. The first kappa shape index (κ1) is 14.7. The highest BCUT2D eigenvalue weighted by Crippen LogP contribution is 2.32. The highest BCUT2D eigenvalue weighted by atomic mass is 16.3. The van der Waals surface area contributed by atoms with Crippen molar-refractivity contribution in [2.75, 3.05) is 6.61 Å². The Morgan fingerprint density at radius 3 is 1.95 bits per heavy atom. The molecule has 0 radical (unpaired) electrons. The zero-order chi connectivity index (χ0) is 15.6. The second kappa shape index (κ2) is 5.72. The second-order valence-electron chi connectivity index (χ2n) is 4.55. The van der Waals surface area contributed by atoms with Gasteiger partial charge < -0.3 is 25.5 Å².